The van der Waals surface area contributed by atoms with E-state index in [1.54, 1.807) is 24.5 Å². The van der Waals surface area contributed by atoms with Gasteiger partial charge in [0.15, 0.2) is 5.82 Å². The van der Waals surface area contributed by atoms with E-state index in [4.69, 9.17) is 4.74 Å². The zero-order valence-corrected chi connectivity index (χ0v) is 16.3. The van der Waals surface area contributed by atoms with Gasteiger partial charge in [-0.2, -0.15) is 0 Å². The van der Waals surface area contributed by atoms with Crippen molar-refractivity contribution in [3.63, 3.8) is 0 Å². The maximum Gasteiger partial charge on any atom is 0.263 e. The first kappa shape index (κ1) is 20.0. The van der Waals surface area contributed by atoms with Crippen LogP contribution in [-0.4, -0.2) is 71.5 Å². The molecule has 1 fully saturated rings. The number of carbonyl (C=O) groups excluding carboxylic acids is 1. The van der Waals surface area contributed by atoms with Gasteiger partial charge in [-0.3, -0.25) is 9.69 Å². The van der Waals surface area contributed by atoms with Crippen LogP contribution in [0.1, 0.15) is 13.8 Å². The van der Waals surface area contributed by atoms with E-state index in [0.717, 1.165) is 39.3 Å². The van der Waals surface area contributed by atoms with Crippen LogP contribution in [0.2, 0.25) is 0 Å². The number of rotatable bonds is 7. The number of aromatic nitrogens is 2. The Kier molecular flexibility index (Phi) is 6.76. The Morgan fingerprint density at radius 1 is 1.07 bits per heavy atom. The molecule has 1 aromatic heterocycles. The highest BCUT2D eigenvalue weighted by atomic mass is 19.1. The van der Waals surface area contributed by atoms with E-state index >= 15 is 0 Å². The average molecular weight is 387 g/mol. The fraction of sp³-hybridized carbons (Fsp3) is 0.450. The molecule has 2 heterocycles. The lowest BCUT2D eigenvalue weighted by atomic mass is 10.3. The second-order valence-corrected chi connectivity index (χ2v) is 6.57. The largest absolute Gasteiger partial charge is 0.436 e. The lowest BCUT2D eigenvalue weighted by Gasteiger charge is -2.36. The summed E-state index contributed by atoms with van der Waals surface area (Å²) in [5.74, 6) is 1.40. The molecule has 1 aromatic carbocycles. The average Bonchev–Trinajstić information content (AvgIpc) is 2.72. The van der Waals surface area contributed by atoms with Crippen molar-refractivity contribution in [2.75, 3.05) is 50.7 Å². The number of amides is 1. The lowest BCUT2D eigenvalue weighted by Crippen LogP contribution is -2.50. The molecule has 8 heteroatoms. The van der Waals surface area contributed by atoms with Crippen molar-refractivity contribution in [3.8, 4) is 11.6 Å². The Hall–Kier alpha value is -2.74. The molecule has 150 valence electrons. The summed E-state index contributed by atoms with van der Waals surface area (Å²) in [7, 11) is 0. The molecular weight excluding hydrogens is 361 g/mol. The second-order valence-electron chi connectivity index (χ2n) is 6.57. The molecule has 0 aliphatic carbocycles. The van der Waals surface area contributed by atoms with Crippen LogP contribution < -0.4 is 9.64 Å². The van der Waals surface area contributed by atoms with Gasteiger partial charge in [0.2, 0.25) is 5.91 Å². The molecule has 1 amide bonds. The third-order valence-corrected chi connectivity index (χ3v) is 4.82. The topological polar surface area (TPSA) is 61.8 Å². The third kappa shape index (κ3) is 4.95. The van der Waals surface area contributed by atoms with Crippen LogP contribution in [0.4, 0.5) is 10.2 Å². The molecule has 0 radical (unpaired) electrons. The number of nitrogens with zero attached hydrogens (tertiary/aromatic N) is 5. The number of likely N-dealkylation sites (N-methyl/N-ethyl adjacent to an activating group) is 1. The van der Waals surface area contributed by atoms with Gasteiger partial charge in [-0.05, 0) is 38.1 Å². The fourth-order valence-electron chi connectivity index (χ4n) is 3.21. The van der Waals surface area contributed by atoms with Crippen LogP contribution in [0, 0.1) is 5.82 Å². The van der Waals surface area contributed by atoms with E-state index in [-0.39, 0.29) is 11.7 Å². The Morgan fingerprint density at radius 2 is 1.71 bits per heavy atom. The summed E-state index contributed by atoms with van der Waals surface area (Å²) in [5, 5.41) is 0. The highest BCUT2D eigenvalue weighted by Crippen LogP contribution is 2.28. The smallest absolute Gasteiger partial charge is 0.263 e. The van der Waals surface area contributed by atoms with Crippen molar-refractivity contribution in [1.29, 1.82) is 0 Å². The molecule has 1 saturated heterocycles. The number of benzene rings is 1. The molecule has 3 rings (SSSR count). The maximum absolute atomic E-state index is 13.1. The number of hydrogen-bond donors (Lipinski definition) is 0. The molecule has 0 unspecified atom stereocenters. The number of ether oxygens (including phenoxy) is 1. The summed E-state index contributed by atoms with van der Waals surface area (Å²) in [4.78, 5) is 27.1. The molecule has 7 nitrogen and oxygen atoms in total. The van der Waals surface area contributed by atoms with Crippen LogP contribution in [0.25, 0.3) is 0 Å². The summed E-state index contributed by atoms with van der Waals surface area (Å²) >= 11 is 0. The molecular formula is C20H26FN5O2. The van der Waals surface area contributed by atoms with Gasteiger partial charge in [-0.15, -0.1) is 0 Å². The SMILES string of the molecule is CCN(CC)C(=O)CN1CCN(c2nccnc2Oc2ccc(F)cc2)CC1. The zero-order valence-electron chi connectivity index (χ0n) is 16.3. The van der Waals surface area contributed by atoms with Crippen LogP contribution in [0.15, 0.2) is 36.7 Å². The minimum atomic E-state index is -0.317. The molecule has 1 aliphatic heterocycles. The van der Waals surface area contributed by atoms with Gasteiger partial charge in [0.25, 0.3) is 5.88 Å². The normalized spacial score (nSPS) is 14.8. The number of hydrogen-bond acceptors (Lipinski definition) is 6. The van der Waals surface area contributed by atoms with Gasteiger partial charge in [0.1, 0.15) is 11.6 Å². The molecule has 1 aliphatic rings. The highest BCUT2D eigenvalue weighted by molar-refractivity contribution is 5.78. The monoisotopic (exact) mass is 387 g/mol. The van der Waals surface area contributed by atoms with E-state index in [9.17, 15) is 9.18 Å². The summed E-state index contributed by atoms with van der Waals surface area (Å²) < 4.78 is 18.9. The minimum Gasteiger partial charge on any atom is -0.436 e. The van der Waals surface area contributed by atoms with E-state index in [0.29, 0.717) is 24.0 Å². The van der Waals surface area contributed by atoms with Crippen molar-refractivity contribution in [1.82, 2.24) is 19.8 Å². The van der Waals surface area contributed by atoms with Crippen molar-refractivity contribution in [3.05, 3.63) is 42.5 Å². The molecule has 0 bridgehead atoms. The summed E-state index contributed by atoms with van der Waals surface area (Å²) in [5.41, 5.74) is 0. The predicted octanol–water partition coefficient (Wildman–Crippen LogP) is 2.40. The van der Waals surface area contributed by atoms with Gasteiger partial charge >= 0.3 is 0 Å². The summed E-state index contributed by atoms with van der Waals surface area (Å²) in [6.45, 7) is 8.88. The van der Waals surface area contributed by atoms with E-state index < -0.39 is 0 Å². The van der Waals surface area contributed by atoms with Gasteiger partial charge in [-0.1, -0.05) is 0 Å². The van der Waals surface area contributed by atoms with Crippen LogP contribution in [0.3, 0.4) is 0 Å². The van der Waals surface area contributed by atoms with E-state index in [2.05, 4.69) is 19.8 Å². The first-order valence-corrected chi connectivity index (χ1v) is 9.60. The summed E-state index contributed by atoms with van der Waals surface area (Å²) in [6.07, 6.45) is 3.20. The van der Waals surface area contributed by atoms with Crippen LogP contribution >= 0.6 is 0 Å². The third-order valence-electron chi connectivity index (χ3n) is 4.82. The maximum atomic E-state index is 13.1. The predicted molar refractivity (Wildman–Crippen MR) is 105 cm³/mol. The van der Waals surface area contributed by atoms with Gasteiger partial charge < -0.3 is 14.5 Å². The van der Waals surface area contributed by atoms with Gasteiger partial charge in [-0.25, -0.2) is 14.4 Å². The van der Waals surface area contributed by atoms with E-state index in [1.165, 1.54) is 12.1 Å². The second kappa shape index (κ2) is 9.45. The van der Waals surface area contributed by atoms with Crippen molar-refractivity contribution in [2.24, 2.45) is 0 Å². The molecule has 0 saturated carbocycles. The Morgan fingerprint density at radius 3 is 2.36 bits per heavy atom. The number of anilines is 1. The quantitative estimate of drug-likeness (QED) is 0.727. The molecule has 0 spiro atoms. The van der Waals surface area contributed by atoms with Crippen molar-refractivity contribution < 1.29 is 13.9 Å². The van der Waals surface area contributed by atoms with Gasteiger partial charge in [0, 0.05) is 51.7 Å². The number of piperazine rings is 1. The Bertz CT molecular complexity index is 774. The Balaban J connectivity index is 1.61. The zero-order chi connectivity index (χ0) is 19.9. The number of carbonyl (C=O) groups is 1. The van der Waals surface area contributed by atoms with Crippen LogP contribution in [-0.2, 0) is 4.79 Å². The molecule has 28 heavy (non-hydrogen) atoms. The highest BCUT2D eigenvalue weighted by Gasteiger charge is 2.24. The van der Waals surface area contributed by atoms with Crippen molar-refractivity contribution in [2.45, 2.75) is 13.8 Å². The van der Waals surface area contributed by atoms with Gasteiger partial charge in [0.05, 0.1) is 6.54 Å². The minimum absolute atomic E-state index is 0.165. The number of halogens is 1. The molecule has 2 aromatic rings. The first-order valence-electron chi connectivity index (χ1n) is 9.60. The molecule has 0 N–H and O–H groups in total. The van der Waals surface area contributed by atoms with Crippen LogP contribution in [0.5, 0.6) is 11.6 Å². The first-order chi connectivity index (χ1) is 13.6. The standard InChI is InChI=1S/C20H26FN5O2/c1-3-25(4-2)18(27)15-24-11-13-26(14-12-24)19-20(23-10-9-22-19)28-17-7-5-16(21)6-8-17/h5-10H,3-4,11-15H2,1-2H3. The lowest BCUT2D eigenvalue weighted by molar-refractivity contribution is -0.132. The van der Waals surface area contributed by atoms with E-state index in [1.807, 2.05) is 18.7 Å². The summed E-state index contributed by atoms with van der Waals surface area (Å²) in [6, 6.07) is 5.81. The Labute approximate surface area is 164 Å². The van der Waals surface area contributed by atoms with Crippen molar-refractivity contribution >= 4 is 11.7 Å². The molecule has 0 atom stereocenters. The fourth-order valence-corrected chi connectivity index (χ4v) is 3.21.